The van der Waals surface area contributed by atoms with Crippen LogP contribution in [-0.4, -0.2) is 20.8 Å². The number of rotatable bonds is 3. The van der Waals surface area contributed by atoms with Crippen LogP contribution in [0.3, 0.4) is 0 Å². The molecule has 0 spiro atoms. The van der Waals surface area contributed by atoms with Gasteiger partial charge in [0.25, 0.3) is 0 Å². The second-order valence-corrected chi connectivity index (χ2v) is 4.51. The number of amides is 1. The number of fused-ring (bicyclic) bond motifs is 1. The van der Waals surface area contributed by atoms with Crippen LogP contribution in [0.15, 0.2) is 55.0 Å². The summed E-state index contributed by atoms with van der Waals surface area (Å²) in [4.78, 5) is 14.8. The van der Waals surface area contributed by atoms with Gasteiger partial charge in [-0.05, 0) is 35.2 Å². The minimum absolute atomic E-state index is 0.566. The largest absolute Gasteiger partial charge is 0.465 e. The zero-order valence-electron chi connectivity index (χ0n) is 10.7. The van der Waals surface area contributed by atoms with Gasteiger partial charge < -0.3 is 9.67 Å². The van der Waals surface area contributed by atoms with Crippen LogP contribution in [0.25, 0.3) is 10.9 Å². The molecule has 100 valence electrons. The highest BCUT2D eigenvalue weighted by Crippen LogP contribution is 2.21. The fourth-order valence-corrected chi connectivity index (χ4v) is 2.21. The topological polar surface area (TPSA) is 67.2 Å². The molecule has 2 aromatic heterocycles. The molecule has 2 heterocycles. The normalized spacial score (nSPS) is 10.6. The fourth-order valence-electron chi connectivity index (χ4n) is 2.21. The Morgan fingerprint density at radius 2 is 2.20 bits per heavy atom. The average Bonchev–Trinajstić information content (AvgIpc) is 2.82. The molecule has 1 amide bonds. The maximum absolute atomic E-state index is 10.7. The van der Waals surface area contributed by atoms with Gasteiger partial charge in [0.15, 0.2) is 0 Å². The van der Waals surface area contributed by atoms with E-state index in [1.165, 1.54) is 0 Å². The lowest BCUT2D eigenvalue weighted by Crippen LogP contribution is -2.07. The predicted molar refractivity (Wildman–Crippen MR) is 76.9 cm³/mol. The highest BCUT2D eigenvalue weighted by atomic mass is 16.4. The van der Waals surface area contributed by atoms with Gasteiger partial charge >= 0.3 is 6.09 Å². The number of carboxylic acid groups (broad SMARTS) is 1. The number of hydrogen-bond acceptors (Lipinski definition) is 2. The summed E-state index contributed by atoms with van der Waals surface area (Å²) < 4.78 is 2.07. The smallest absolute Gasteiger partial charge is 0.409 e. The summed E-state index contributed by atoms with van der Waals surface area (Å²) >= 11 is 0. The Morgan fingerprint density at radius 3 is 2.95 bits per heavy atom. The molecule has 0 saturated heterocycles. The molecule has 0 atom stereocenters. The van der Waals surface area contributed by atoms with Gasteiger partial charge in [0, 0.05) is 30.8 Å². The highest BCUT2D eigenvalue weighted by molar-refractivity contribution is 5.89. The van der Waals surface area contributed by atoms with Gasteiger partial charge in [-0.15, -0.1) is 0 Å². The van der Waals surface area contributed by atoms with E-state index in [0.29, 0.717) is 12.2 Å². The van der Waals surface area contributed by atoms with Crippen LogP contribution in [0.2, 0.25) is 0 Å². The molecule has 0 saturated carbocycles. The van der Waals surface area contributed by atoms with E-state index in [2.05, 4.69) is 14.9 Å². The van der Waals surface area contributed by atoms with Crippen molar-refractivity contribution in [1.82, 2.24) is 9.55 Å². The molecule has 0 aliphatic carbocycles. The summed E-state index contributed by atoms with van der Waals surface area (Å²) in [6.07, 6.45) is 4.49. The number of aromatic nitrogens is 2. The first-order chi connectivity index (χ1) is 9.72. The number of nitrogens with one attached hydrogen (secondary N) is 1. The van der Waals surface area contributed by atoms with Gasteiger partial charge in [-0.2, -0.15) is 0 Å². The molecular formula is C15H13N3O2. The molecule has 0 fully saturated rings. The molecular weight excluding hydrogens is 254 g/mol. The van der Waals surface area contributed by atoms with Gasteiger partial charge in [-0.25, -0.2) is 4.79 Å². The summed E-state index contributed by atoms with van der Waals surface area (Å²) in [6.45, 7) is 0.702. The summed E-state index contributed by atoms with van der Waals surface area (Å²) in [7, 11) is 0. The minimum atomic E-state index is -1.06. The van der Waals surface area contributed by atoms with Gasteiger partial charge in [0.1, 0.15) is 0 Å². The molecule has 0 bridgehead atoms. The summed E-state index contributed by atoms with van der Waals surface area (Å²) in [5, 5.41) is 12.2. The first-order valence-electron chi connectivity index (χ1n) is 6.20. The zero-order chi connectivity index (χ0) is 13.9. The van der Waals surface area contributed by atoms with Crippen molar-refractivity contribution in [2.24, 2.45) is 0 Å². The van der Waals surface area contributed by atoms with Crippen LogP contribution in [-0.2, 0) is 6.54 Å². The molecule has 1 aromatic carbocycles. The van der Waals surface area contributed by atoms with E-state index in [1.54, 1.807) is 12.3 Å². The Labute approximate surface area is 115 Å². The minimum Gasteiger partial charge on any atom is -0.465 e. The Kier molecular flexibility index (Phi) is 3.09. The van der Waals surface area contributed by atoms with Crippen molar-refractivity contribution < 1.29 is 9.90 Å². The first kappa shape index (κ1) is 12.2. The lowest BCUT2D eigenvalue weighted by molar-refractivity contribution is 0.210. The molecule has 20 heavy (non-hydrogen) atoms. The second kappa shape index (κ2) is 5.05. The Bertz CT molecular complexity index is 750. The molecule has 3 aromatic rings. The number of pyridine rings is 1. The Morgan fingerprint density at radius 1 is 1.30 bits per heavy atom. The summed E-state index contributed by atoms with van der Waals surface area (Å²) in [5.74, 6) is 0. The van der Waals surface area contributed by atoms with Crippen molar-refractivity contribution in [3.05, 3.63) is 60.6 Å². The second-order valence-electron chi connectivity index (χ2n) is 4.51. The van der Waals surface area contributed by atoms with E-state index >= 15 is 0 Å². The van der Waals surface area contributed by atoms with E-state index in [9.17, 15) is 4.79 Å². The number of carbonyl (C=O) groups is 1. The van der Waals surface area contributed by atoms with Crippen molar-refractivity contribution in [1.29, 1.82) is 0 Å². The number of nitrogens with zero attached hydrogens (tertiary/aromatic N) is 2. The number of benzene rings is 1. The predicted octanol–water partition coefficient (Wildman–Crippen LogP) is 3.17. The molecule has 5 nitrogen and oxygen atoms in total. The van der Waals surface area contributed by atoms with Crippen molar-refractivity contribution in [2.75, 3.05) is 5.32 Å². The highest BCUT2D eigenvalue weighted by Gasteiger charge is 2.05. The van der Waals surface area contributed by atoms with Crippen LogP contribution in [0, 0.1) is 0 Å². The molecule has 0 radical (unpaired) electrons. The maximum Gasteiger partial charge on any atom is 0.409 e. The van der Waals surface area contributed by atoms with Gasteiger partial charge in [-0.1, -0.05) is 12.1 Å². The van der Waals surface area contributed by atoms with Crippen LogP contribution in [0.4, 0.5) is 10.5 Å². The van der Waals surface area contributed by atoms with Crippen LogP contribution < -0.4 is 5.32 Å². The van der Waals surface area contributed by atoms with Crippen molar-refractivity contribution in [3.8, 4) is 0 Å². The van der Waals surface area contributed by atoms with Crippen LogP contribution >= 0.6 is 0 Å². The molecule has 3 rings (SSSR count). The molecule has 0 aliphatic heterocycles. The fraction of sp³-hybridized carbons (Fsp3) is 0.0667. The number of hydrogen-bond donors (Lipinski definition) is 2. The third-order valence-corrected chi connectivity index (χ3v) is 3.10. The van der Waals surface area contributed by atoms with Gasteiger partial charge in [0.2, 0.25) is 0 Å². The average molecular weight is 267 g/mol. The van der Waals surface area contributed by atoms with Crippen LogP contribution in [0.1, 0.15) is 5.56 Å². The lowest BCUT2D eigenvalue weighted by Gasteiger charge is -2.07. The molecule has 0 unspecified atom stereocenters. The quantitative estimate of drug-likeness (QED) is 0.766. The lowest BCUT2D eigenvalue weighted by atomic mass is 10.2. The van der Waals surface area contributed by atoms with E-state index < -0.39 is 6.09 Å². The third-order valence-electron chi connectivity index (χ3n) is 3.10. The standard InChI is InChI=1S/C15H13N3O2/c19-15(20)17-13-4-3-12-5-7-18(14(12)8-13)10-11-2-1-6-16-9-11/h1-9,17H,10H2,(H,19,20). The van der Waals surface area contributed by atoms with Crippen molar-refractivity contribution in [2.45, 2.75) is 6.54 Å². The Hall–Kier alpha value is -2.82. The van der Waals surface area contributed by atoms with Gasteiger partial charge in [0.05, 0.1) is 5.52 Å². The molecule has 0 aliphatic rings. The van der Waals surface area contributed by atoms with Gasteiger partial charge in [-0.3, -0.25) is 10.3 Å². The Balaban J connectivity index is 1.96. The monoisotopic (exact) mass is 267 g/mol. The van der Waals surface area contributed by atoms with Crippen molar-refractivity contribution in [3.63, 3.8) is 0 Å². The summed E-state index contributed by atoms with van der Waals surface area (Å²) in [6, 6.07) is 11.4. The zero-order valence-corrected chi connectivity index (χ0v) is 10.7. The first-order valence-corrected chi connectivity index (χ1v) is 6.20. The number of anilines is 1. The SMILES string of the molecule is O=C(O)Nc1ccc2ccn(Cc3cccnc3)c2c1. The summed E-state index contributed by atoms with van der Waals surface area (Å²) in [5.41, 5.74) is 2.65. The van der Waals surface area contributed by atoms with E-state index in [1.807, 2.05) is 42.7 Å². The third kappa shape index (κ3) is 2.47. The van der Waals surface area contributed by atoms with E-state index in [4.69, 9.17) is 5.11 Å². The van der Waals surface area contributed by atoms with E-state index in [0.717, 1.165) is 16.5 Å². The maximum atomic E-state index is 10.7. The molecule has 5 heteroatoms. The van der Waals surface area contributed by atoms with Crippen molar-refractivity contribution >= 4 is 22.7 Å². The molecule has 2 N–H and O–H groups in total. The van der Waals surface area contributed by atoms with Crippen LogP contribution in [0.5, 0.6) is 0 Å². The van der Waals surface area contributed by atoms with E-state index in [-0.39, 0.29) is 0 Å².